The number of anilines is 1. The van der Waals surface area contributed by atoms with Crippen molar-refractivity contribution in [3.05, 3.63) is 51.1 Å². The molecule has 22 heavy (non-hydrogen) atoms. The quantitative estimate of drug-likeness (QED) is 0.780. The van der Waals surface area contributed by atoms with E-state index in [0.29, 0.717) is 17.8 Å². The van der Waals surface area contributed by atoms with Crippen molar-refractivity contribution in [3.8, 4) is 5.75 Å². The average Bonchev–Trinajstić information content (AvgIpc) is 2.47. The van der Waals surface area contributed by atoms with E-state index in [9.17, 15) is 14.7 Å². The zero-order valence-electron chi connectivity index (χ0n) is 12.3. The predicted molar refractivity (Wildman–Crippen MR) is 81.1 cm³/mol. The minimum absolute atomic E-state index is 0.191. The fraction of sp³-hybridized carbons (Fsp3) is 0.312. The van der Waals surface area contributed by atoms with E-state index < -0.39 is 11.5 Å². The summed E-state index contributed by atoms with van der Waals surface area (Å²) in [7, 11) is 0. The molecule has 0 aromatic carbocycles. The highest BCUT2D eigenvalue weighted by Crippen LogP contribution is 2.28. The molecule has 6 nitrogen and oxygen atoms in total. The molecule has 0 unspecified atom stereocenters. The minimum atomic E-state index is -0.617. The lowest BCUT2D eigenvalue weighted by molar-refractivity contribution is -0.370. The first-order chi connectivity index (χ1) is 10.6. The molecule has 0 radical (unpaired) electrons. The van der Waals surface area contributed by atoms with Crippen molar-refractivity contribution in [2.24, 2.45) is 0 Å². The molecule has 114 valence electrons. The molecule has 0 saturated carbocycles. The highest BCUT2D eigenvalue weighted by atomic mass is 16.3. The number of aromatic hydroxyl groups is 1. The van der Waals surface area contributed by atoms with Gasteiger partial charge in [0.1, 0.15) is 5.75 Å². The second-order valence-electron chi connectivity index (χ2n) is 5.54. The van der Waals surface area contributed by atoms with Gasteiger partial charge in [-0.2, -0.15) is 0 Å². The van der Waals surface area contributed by atoms with E-state index in [0.717, 1.165) is 30.7 Å². The molecule has 0 atom stereocenters. The third-order valence-corrected chi connectivity index (χ3v) is 3.90. The molecule has 2 heterocycles. The molecule has 0 aliphatic heterocycles. The van der Waals surface area contributed by atoms with Crippen LogP contribution in [0.25, 0.3) is 0 Å². The number of carbonyl (C=O) groups excluding carboxylic acids is 1. The molecular formula is C16H18N3O3+. The van der Waals surface area contributed by atoms with Crippen LogP contribution in [0.2, 0.25) is 0 Å². The van der Waals surface area contributed by atoms with Crippen LogP contribution in [0, 0.1) is 6.92 Å². The molecule has 0 spiro atoms. The number of fused-ring (bicyclic) bond motifs is 1. The second kappa shape index (κ2) is 5.63. The first-order valence-electron chi connectivity index (χ1n) is 7.33. The molecule has 0 saturated heterocycles. The number of rotatable bonds is 2. The molecule has 0 bridgehead atoms. The third kappa shape index (κ3) is 2.59. The van der Waals surface area contributed by atoms with Gasteiger partial charge in [-0.05, 0) is 38.7 Å². The van der Waals surface area contributed by atoms with Crippen LogP contribution in [0.5, 0.6) is 5.75 Å². The Labute approximate surface area is 127 Å². The van der Waals surface area contributed by atoms with Gasteiger partial charge >= 0.3 is 5.91 Å². The van der Waals surface area contributed by atoms with Crippen LogP contribution in [-0.4, -0.2) is 16.0 Å². The molecule has 6 heteroatoms. The maximum Gasteiger partial charge on any atom is 0.348 e. The molecule has 2 aromatic heterocycles. The Bertz CT molecular complexity index is 796. The number of aromatic nitrogens is 2. The Kier molecular flexibility index (Phi) is 3.66. The largest absolute Gasteiger partial charge is 0.506 e. The summed E-state index contributed by atoms with van der Waals surface area (Å²) in [4.78, 5) is 30.2. The molecule has 1 amide bonds. The summed E-state index contributed by atoms with van der Waals surface area (Å²) in [6.45, 7) is 1.86. The van der Waals surface area contributed by atoms with Gasteiger partial charge in [0.2, 0.25) is 0 Å². The lowest BCUT2D eigenvalue weighted by Crippen LogP contribution is -2.28. The number of H-pyrrole nitrogens is 2. The van der Waals surface area contributed by atoms with Gasteiger partial charge in [0.25, 0.3) is 11.4 Å². The molecule has 3 rings (SSSR count). The normalized spacial score (nSPS) is 13.5. The lowest BCUT2D eigenvalue weighted by atomic mass is 9.93. The average molecular weight is 300 g/mol. The number of nitrogens with one attached hydrogen (secondary N) is 3. The summed E-state index contributed by atoms with van der Waals surface area (Å²) in [5.74, 6) is -0.334. The predicted octanol–water partition coefficient (Wildman–Crippen LogP) is 1.33. The van der Waals surface area contributed by atoms with Crippen molar-refractivity contribution in [1.29, 1.82) is 0 Å². The lowest BCUT2D eigenvalue weighted by Gasteiger charge is -2.17. The monoisotopic (exact) mass is 300 g/mol. The number of hydrogen-bond acceptors (Lipinski definition) is 3. The Morgan fingerprint density at radius 3 is 2.86 bits per heavy atom. The van der Waals surface area contributed by atoms with Crippen molar-refractivity contribution in [3.63, 3.8) is 0 Å². The van der Waals surface area contributed by atoms with Gasteiger partial charge in [0.05, 0.1) is 5.69 Å². The zero-order valence-corrected chi connectivity index (χ0v) is 12.3. The molecular weight excluding hydrogens is 282 g/mol. The maximum absolute atomic E-state index is 12.3. The smallest absolute Gasteiger partial charge is 0.348 e. The van der Waals surface area contributed by atoms with E-state index in [1.807, 2.05) is 13.0 Å². The van der Waals surface area contributed by atoms with Crippen LogP contribution >= 0.6 is 0 Å². The third-order valence-electron chi connectivity index (χ3n) is 3.90. The van der Waals surface area contributed by atoms with Gasteiger partial charge < -0.3 is 10.1 Å². The summed E-state index contributed by atoms with van der Waals surface area (Å²) < 4.78 is 0. The van der Waals surface area contributed by atoms with E-state index in [1.54, 1.807) is 12.1 Å². The highest BCUT2D eigenvalue weighted by Gasteiger charge is 2.26. The van der Waals surface area contributed by atoms with Crippen LogP contribution in [0.3, 0.4) is 0 Å². The van der Waals surface area contributed by atoms with E-state index in [2.05, 4.69) is 15.3 Å². The van der Waals surface area contributed by atoms with Crippen LogP contribution in [0.1, 0.15) is 40.2 Å². The summed E-state index contributed by atoms with van der Waals surface area (Å²) in [6, 6.07) is 5.34. The number of hydrogen-bond donors (Lipinski definition) is 3. The summed E-state index contributed by atoms with van der Waals surface area (Å²) in [6.07, 6.45) is 3.33. The number of aromatic amines is 2. The fourth-order valence-electron chi connectivity index (χ4n) is 2.82. The van der Waals surface area contributed by atoms with Crippen molar-refractivity contribution in [2.75, 3.05) is 5.32 Å². The van der Waals surface area contributed by atoms with Crippen molar-refractivity contribution < 1.29 is 14.9 Å². The van der Waals surface area contributed by atoms with Gasteiger partial charge in [0.15, 0.2) is 5.56 Å². The van der Waals surface area contributed by atoms with Crippen molar-refractivity contribution in [1.82, 2.24) is 4.98 Å². The van der Waals surface area contributed by atoms with Gasteiger partial charge in [-0.1, -0.05) is 6.07 Å². The summed E-state index contributed by atoms with van der Waals surface area (Å²) in [5, 5.41) is 12.9. The van der Waals surface area contributed by atoms with Gasteiger partial charge in [0, 0.05) is 17.3 Å². The molecule has 0 fully saturated rings. The highest BCUT2D eigenvalue weighted by molar-refractivity contribution is 6.05. The van der Waals surface area contributed by atoms with Gasteiger partial charge in [-0.25, -0.2) is 15.1 Å². The van der Waals surface area contributed by atoms with Crippen LogP contribution < -0.4 is 15.9 Å². The van der Waals surface area contributed by atoms with Gasteiger partial charge in [-0.15, -0.1) is 0 Å². The zero-order chi connectivity index (χ0) is 15.7. The number of pyridine rings is 2. The Morgan fingerprint density at radius 1 is 1.32 bits per heavy atom. The van der Waals surface area contributed by atoms with Crippen LogP contribution in [-0.2, 0) is 12.8 Å². The molecule has 2 aromatic rings. The number of amides is 1. The fourth-order valence-corrected chi connectivity index (χ4v) is 2.82. The SMILES string of the molecule is Cc1cccc(NC(=O)c2c(O)c3c([nH]c2=O)CCCC3)[nH+]1. The van der Waals surface area contributed by atoms with E-state index in [-0.39, 0.29) is 11.3 Å². The summed E-state index contributed by atoms with van der Waals surface area (Å²) in [5.41, 5.74) is 1.52. The second-order valence-corrected chi connectivity index (χ2v) is 5.54. The van der Waals surface area contributed by atoms with Crippen molar-refractivity contribution in [2.45, 2.75) is 32.6 Å². The summed E-state index contributed by atoms with van der Waals surface area (Å²) >= 11 is 0. The Morgan fingerprint density at radius 2 is 2.09 bits per heavy atom. The molecule has 1 aliphatic carbocycles. The molecule has 4 N–H and O–H groups in total. The first kappa shape index (κ1) is 14.3. The van der Waals surface area contributed by atoms with Gasteiger partial charge in [-0.3, -0.25) is 4.79 Å². The standard InChI is InChI=1S/C16H17N3O3/c1-9-5-4-8-12(17-9)19-16(22)13-14(20)10-6-2-3-7-11(10)18-15(13)21/h4-5,8H,2-3,6-7H2,1H3,(H,17,19,22)(H2,18,20,21)/p+1. The first-order valence-corrected chi connectivity index (χ1v) is 7.33. The minimum Gasteiger partial charge on any atom is -0.506 e. The van der Waals surface area contributed by atoms with Crippen LogP contribution in [0.15, 0.2) is 23.0 Å². The topological polar surface area (TPSA) is 96.3 Å². The van der Waals surface area contributed by atoms with E-state index in [4.69, 9.17) is 0 Å². The van der Waals surface area contributed by atoms with E-state index in [1.165, 1.54) is 0 Å². The van der Waals surface area contributed by atoms with Crippen molar-refractivity contribution >= 4 is 11.7 Å². The number of aryl methyl sites for hydroxylation is 2. The number of carbonyl (C=O) groups is 1. The van der Waals surface area contributed by atoms with E-state index >= 15 is 0 Å². The molecule has 1 aliphatic rings. The Hall–Kier alpha value is -2.63. The van der Waals surface area contributed by atoms with Crippen LogP contribution in [0.4, 0.5) is 5.82 Å². The Balaban J connectivity index is 1.97. The maximum atomic E-state index is 12.3.